The molecule has 0 radical (unpaired) electrons. The van der Waals surface area contributed by atoms with Gasteiger partial charge in [0.2, 0.25) is 0 Å². The highest BCUT2D eigenvalue weighted by Crippen LogP contribution is 2.30. The summed E-state index contributed by atoms with van der Waals surface area (Å²) in [6.07, 6.45) is 1.77. The average Bonchev–Trinajstić information content (AvgIpc) is 3.03. The minimum absolute atomic E-state index is 0.0215. The average molecular weight is 402 g/mol. The first-order valence-electron chi connectivity index (χ1n) is 9.37. The Labute approximate surface area is 164 Å². The number of anilines is 1. The van der Waals surface area contributed by atoms with Gasteiger partial charge in [0.05, 0.1) is 22.9 Å². The number of rotatable bonds is 5. The molecule has 2 aromatic carbocycles. The van der Waals surface area contributed by atoms with Gasteiger partial charge in [-0.15, -0.1) is 0 Å². The van der Waals surface area contributed by atoms with Gasteiger partial charge in [0, 0.05) is 12.1 Å². The predicted octanol–water partition coefficient (Wildman–Crippen LogP) is 0.748. The fraction of sp³-hybridized carbons (Fsp3) is 0.368. The normalized spacial score (nSPS) is 17.5. The van der Waals surface area contributed by atoms with Crippen LogP contribution in [0.4, 0.5) is 5.69 Å². The summed E-state index contributed by atoms with van der Waals surface area (Å²) in [6.45, 7) is 2.07. The number of piperidine rings is 1. The molecule has 1 fully saturated rings. The SMILES string of the molecule is O=S(=O)(Cc1ccc2c(c1)B(O)OC2)c1ccc(O)cc1NC1CCNCC1. The van der Waals surface area contributed by atoms with Crippen molar-refractivity contribution in [2.75, 3.05) is 18.4 Å². The van der Waals surface area contributed by atoms with Crippen molar-refractivity contribution in [1.82, 2.24) is 5.32 Å². The molecule has 0 saturated carbocycles. The van der Waals surface area contributed by atoms with Gasteiger partial charge < -0.3 is 25.4 Å². The highest BCUT2D eigenvalue weighted by molar-refractivity contribution is 7.90. The van der Waals surface area contributed by atoms with Crippen molar-refractivity contribution in [2.24, 2.45) is 0 Å². The third-order valence-corrected chi connectivity index (χ3v) is 6.97. The quantitative estimate of drug-likeness (QED) is 0.547. The number of phenols is 1. The fourth-order valence-corrected chi connectivity index (χ4v) is 5.24. The zero-order chi connectivity index (χ0) is 19.7. The van der Waals surface area contributed by atoms with E-state index in [9.17, 15) is 18.5 Å². The molecule has 4 rings (SSSR count). The van der Waals surface area contributed by atoms with E-state index in [1.54, 1.807) is 18.2 Å². The Morgan fingerprint density at radius 1 is 1.18 bits per heavy atom. The second-order valence-electron chi connectivity index (χ2n) is 7.30. The van der Waals surface area contributed by atoms with Gasteiger partial charge >= 0.3 is 7.12 Å². The lowest BCUT2D eigenvalue weighted by atomic mass is 9.79. The molecule has 0 aromatic heterocycles. The molecule has 28 heavy (non-hydrogen) atoms. The Kier molecular flexibility index (Phi) is 5.33. The third-order valence-electron chi connectivity index (χ3n) is 5.23. The van der Waals surface area contributed by atoms with Crippen LogP contribution in [-0.2, 0) is 26.9 Å². The smallest absolute Gasteiger partial charge is 0.491 e. The van der Waals surface area contributed by atoms with Gasteiger partial charge in [0.1, 0.15) is 5.75 Å². The summed E-state index contributed by atoms with van der Waals surface area (Å²) >= 11 is 0. The van der Waals surface area contributed by atoms with E-state index in [4.69, 9.17) is 4.65 Å². The van der Waals surface area contributed by atoms with Gasteiger partial charge in [-0.3, -0.25) is 0 Å². The fourth-order valence-electron chi connectivity index (χ4n) is 3.74. The predicted molar refractivity (Wildman–Crippen MR) is 107 cm³/mol. The van der Waals surface area contributed by atoms with Crippen LogP contribution in [0.2, 0.25) is 0 Å². The topological polar surface area (TPSA) is 108 Å². The van der Waals surface area contributed by atoms with Crippen LogP contribution in [0.1, 0.15) is 24.0 Å². The lowest BCUT2D eigenvalue weighted by Gasteiger charge is -2.26. The van der Waals surface area contributed by atoms with Crippen LogP contribution in [-0.4, -0.2) is 44.8 Å². The number of hydrogen-bond donors (Lipinski definition) is 4. The van der Waals surface area contributed by atoms with Gasteiger partial charge in [-0.05, 0) is 54.7 Å². The van der Waals surface area contributed by atoms with Crippen LogP contribution in [0.5, 0.6) is 5.75 Å². The van der Waals surface area contributed by atoms with Crippen molar-refractivity contribution in [3.63, 3.8) is 0 Å². The molecule has 2 aliphatic heterocycles. The molecule has 2 heterocycles. The second kappa shape index (κ2) is 7.75. The molecule has 4 N–H and O–H groups in total. The maximum Gasteiger partial charge on any atom is 0.491 e. The minimum atomic E-state index is -3.66. The molecule has 0 atom stereocenters. The monoisotopic (exact) mass is 402 g/mol. The Morgan fingerprint density at radius 2 is 1.96 bits per heavy atom. The number of hydrogen-bond acceptors (Lipinski definition) is 7. The first kappa shape index (κ1) is 19.3. The van der Waals surface area contributed by atoms with Crippen molar-refractivity contribution < 1.29 is 23.2 Å². The summed E-state index contributed by atoms with van der Waals surface area (Å²) in [5.41, 5.74) is 2.50. The van der Waals surface area contributed by atoms with E-state index in [0.717, 1.165) is 31.5 Å². The minimum Gasteiger partial charge on any atom is -0.508 e. The number of nitrogens with one attached hydrogen (secondary N) is 2. The number of fused-ring (bicyclic) bond motifs is 1. The summed E-state index contributed by atoms with van der Waals surface area (Å²) in [7, 11) is -4.67. The van der Waals surface area contributed by atoms with E-state index in [2.05, 4.69) is 10.6 Å². The summed E-state index contributed by atoms with van der Waals surface area (Å²) in [5.74, 6) is -0.174. The summed E-state index contributed by atoms with van der Waals surface area (Å²) in [5, 5.41) is 26.3. The van der Waals surface area contributed by atoms with Crippen LogP contribution in [0.15, 0.2) is 41.3 Å². The van der Waals surface area contributed by atoms with Crippen LogP contribution in [0.25, 0.3) is 0 Å². The van der Waals surface area contributed by atoms with E-state index in [-0.39, 0.29) is 22.4 Å². The highest BCUT2D eigenvalue weighted by atomic mass is 32.2. The van der Waals surface area contributed by atoms with E-state index < -0.39 is 17.0 Å². The van der Waals surface area contributed by atoms with Crippen molar-refractivity contribution in [3.8, 4) is 5.75 Å². The van der Waals surface area contributed by atoms with Crippen molar-refractivity contribution in [1.29, 1.82) is 0 Å². The van der Waals surface area contributed by atoms with E-state index >= 15 is 0 Å². The Bertz CT molecular complexity index is 976. The molecule has 0 unspecified atom stereocenters. The number of phenolic OH excluding ortho intramolecular Hbond substituents is 1. The molecular weight excluding hydrogens is 379 g/mol. The zero-order valence-electron chi connectivity index (χ0n) is 15.4. The molecule has 0 bridgehead atoms. The molecule has 148 valence electrons. The van der Waals surface area contributed by atoms with Crippen molar-refractivity contribution in [2.45, 2.75) is 36.1 Å². The Morgan fingerprint density at radius 3 is 2.75 bits per heavy atom. The molecule has 0 spiro atoms. The first-order chi connectivity index (χ1) is 13.4. The maximum atomic E-state index is 13.1. The van der Waals surface area contributed by atoms with E-state index in [0.29, 0.717) is 23.3 Å². The van der Waals surface area contributed by atoms with Crippen molar-refractivity contribution >= 4 is 28.1 Å². The van der Waals surface area contributed by atoms with Crippen LogP contribution < -0.4 is 16.1 Å². The summed E-state index contributed by atoms with van der Waals surface area (Å²) < 4.78 is 31.4. The molecule has 7 nitrogen and oxygen atoms in total. The van der Waals surface area contributed by atoms with E-state index in [1.165, 1.54) is 18.2 Å². The molecule has 2 aliphatic rings. The molecule has 0 amide bonds. The second-order valence-corrected chi connectivity index (χ2v) is 9.26. The first-order valence-corrected chi connectivity index (χ1v) is 11.0. The van der Waals surface area contributed by atoms with Crippen LogP contribution in [0, 0.1) is 0 Å². The molecule has 9 heteroatoms. The lowest BCUT2D eigenvalue weighted by Crippen LogP contribution is -2.35. The standard InChI is InChI=1S/C19H23BN2O5S/c23-16-3-4-19(18(10-16)22-15-5-7-21-8-6-15)28(25,26)12-13-1-2-14-11-27-20(24)17(14)9-13/h1-4,9-10,15,21-24H,5-8,11-12H2. The van der Waals surface area contributed by atoms with Crippen molar-refractivity contribution in [3.05, 3.63) is 47.5 Å². The zero-order valence-corrected chi connectivity index (χ0v) is 16.2. The van der Waals surface area contributed by atoms with Gasteiger partial charge in [-0.2, -0.15) is 0 Å². The van der Waals surface area contributed by atoms with Gasteiger partial charge in [0.15, 0.2) is 9.84 Å². The lowest BCUT2D eigenvalue weighted by molar-refractivity contribution is 0.275. The molecule has 1 saturated heterocycles. The Hall–Kier alpha value is -2.07. The largest absolute Gasteiger partial charge is 0.508 e. The molecular formula is C19H23BN2O5S. The summed E-state index contributed by atoms with van der Waals surface area (Å²) in [6, 6.07) is 9.68. The van der Waals surface area contributed by atoms with E-state index in [1.807, 2.05) is 0 Å². The number of sulfone groups is 1. The van der Waals surface area contributed by atoms with Crippen LogP contribution >= 0.6 is 0 Å². The number of aromatic hydroxyl groups is 1. The molecule has 2 aromatic rings. The Balaban J connectivity index is 1.61. The van der Waals surface area contributed by atoms with Gasteiger partial charge in [-0.1, -0.05) is 18.2 Å². The van der Waals surface area contributed by atoms with Gasteiger partial charge in [-0.25, -0.2) is 8.42 Å². The molecule has 0 aliphatic carbocycles. The van der Waals surface area contributed by atoms with Crippen LogP contribution in [0.3, 0.4) is 0 Å². The number of benzene rings is 2. The van der Waals surface area contributed by atoms with Gasteiger partial charge in [0.25, 0.3) is 0 Å². The third kappa shape index (κ3) is 4.02. The maximum absolute atomic E-state index is 13.1. The highest BCUT2D eigenvalue weighted by Gasteiger charge is 2.28. The summed E-state index contributed by atoms with van der Waals surface area (Å²) in [4.78, 5) is 0.168.